The second-order valence-electron chi connectivity index (χ2n) is 3.86. The average molecular weight is 301 g/mol. The molecule has 0 aliphatic heterocycles. The number of carbonyl (C=O) groups is 2. The van der Waals surface area contributed by atoms with E-state index < -0.39 is 34.9 Å². The van der Waals surface area contributed by atoms with Crippen molar-refractivity contribution in [3.8, 4) is 0 Å². The third-order valence-corrected chi connectivity index (χ3v) is 4.19. The van der Waals surface area contributed by atoms with Crippen molar-refractivity contribution in [2.24, 2.45) is 17.2 Å². The highest BCUT2D eigenvalue weighted by molar-refractivity contribution is 7.89. The molecule has 0 fully saturated rings. The SMILES string of the molecule is NCc1ncccc1S(=O)(=O)N(CC(N)=O)CC(N)=O. The fourth-order valence-electron chi connectivity index (χ4n) is 1.52. The zero-order valence-corrected chi connectivity index (χ0v) is 11.3. The molecule has 0 aromatic carbocycles. The van der Waals surface area contributed by atoms with Crippen LogP contribution in [0.2, 0.25) is 0 Å². The molecule has 9 nitrogen and oxygen atoms in total. The number of amides is 2. The molecule has 0 aliphatic carbocycles. The highest BCUT2D eigenvalue weighted by atomic mass is 32.2. The molecule has 110 valence electrons. The minimum absolute atomic E-state index is 0.115. The van der Waals surface area contributed by atoms with Crippen LogP contribution in [0.3, 0.4) is 0 Å². The highest BCUT2D eigenvalue weighted by Gasteiger charge is 2.29. The largest absolute Gasteiger partial charge is 0.369 e. The molecule has 10 heteroatoms. The summed E-state index contributed by atoms with van der Waals surface area (Å²) < 4.78 is 25.4. The minimum Gasteiger partial charge on any atom is -0.369 e. The lowest BCUT2D eigenvalue weighted by Gasteiger charge is -2.20. The van der Waals surface area contributed by atoms with Crippen LogP contribution in [0.4, 0.5) is 0 Å². The van der Waals surface area contributed by atoms with Crippen LogP contribution in [-0.4, -0.2) is 42.6 Å². The Morgan fingerprint density at radius 3 is 2.20 bits per heavy atom. The Balaban J connectivity index is 3.28. The van der Waals surface area contributed by atoms with Crippen LogP contribution in [0, 0.1) is 0 Å². The van der Waals surface area contributed by atoms with Crippen molar-refractivity contribution in [1.82, 2.24) is 9.29 Å². The smallest absolute Gasteiger partial charge is 0.245 e. The first-order valence-corrected chi connectivity index (χ1v) is 6.93. The molecule has 6 N–H and O–H groups in total. The van der Waals surface area contributed by atoms with Gasteiger partial charge in [-0.1, -0.05) is 0 Å². The van der Waals surface area contributed by atoms with E-state index in [9.17, 15) is 18.0 Å². The fourth-order valence-corrected chi connectivity index (χ4v) is 3.08. The Bertz CT molecular complexity index is 600. The molecule has 0 atom stereocenters. The molecular formula is C10H15N5O4S. The van der Waals surface area contributed by atoms with E-state index in [0.29, 0.717) is 4.31 Å². The first-order valence-electron chi connectivity index (χ1n) is 5.49. The van der Waals surface area contributed by atoms with E-state index in [1.165, 1.54) is 18.3 Å². The van der Waals surface area contributed by atoms with E-state index in [-0.39, 0.29) is 17.1 Å². The monoisotopic (exact) mass is 301 g/mol. The van der Waals surface area contributed by atoms with Gasteiger partial charge in [-0.25, -0.2) is 8.42 Å². The molecule has 0 aliphatic rings. The third-order valence-electron chi connectivity index (χ3n) is 2.32. The highest BCUT2D eigenvalue weighted by Crippen LogP contribution is 2.17. The number of pyridine rings is 1. The topological polar surface area (TPSA) is 162 Å². The summed E-state index contributed by atoms with van der Waals surface area (Å²) in [6.07, 6.45) is 1.38. The van der Waals surface area contributed by atoms with Gasteiger partial charge in [-0.15, -0.1) is 0 Å². The molecule has 0 saturated carbocycles. The van der Waals surface area contributed by atoms with Gasteiger partial charge in [-0.05, 0) is 12.1 Å². The van der Waals surface area contributed by atoms with Crippen LogP contribution in [0.15, 0.2) is 23.2 Å². The van der Waals surface area contributed by atoms with Gasteiger partial charge in [-0.3, -0.25) is 14.6 Å². The fraction of sp³-hybridized carbons (Fsp3) is 0.300. The number of hydrogen-bond donors (Lipinski definition) is 3. The zero-order valence-electron chi connectivity index (χ0n) is 10.5. The van der Waals surface area contributed by atoms with Gasteiger partial charge in [0.2, 0.25) is 21.8 Å². The van der Waals surface area contributed by atoms with Gasteiger partial charge < -0.3 is 17.2 Å². The Kier molecular flexibility index (Phi) is 5.13. The van der Waals surface area contributed by atoms with Crippen LogP contribution in [0.25, 0.3) is 0 Å². The molecule has 20 heavy (non-hydrogen) atoms. The van der Waals surface area contributed by atoms with Gasteiger partial charge in [-0.2, -0.15) is 4.31 Å². The summed E-state index contributed by atoms with van der Waals surface area (Å²) in [4.78, 5) is 25.5. The molecular weight excluding hydrogens is 286 g/mol. The van der Waals surface area contributed by atoms with Gasteiger partial charge in [0.25, 0.3) is 0 Å². The molecule has 1 aromatic rings. The maximum Gasteiger partial charge on any atom is 0.245 e. The van der Waals surface area contributed by atoms with Crippen molar-refractivity contribution < 1.29 is 18.0 Å². The van der Waals surface area contributed by atoms with Gasteiger partial charge in [0, 0.05) is 12.7 Å². The number of nitrogens with two attached hydrogens (primary N) is 3. The summed E-state index contributed by atoms with van der Waals surface area (Å²) in [5.74, 6) is -1.82. The molecule has 0 spiro atoms. The van der Waals surface area contributed by atoms with E-state index in [2.05, 4.69) is 4.98 Å². The molecule has 0 radical (unpaired) electrons. The Morgan fingerprint density at radius 1 is 1.20 bits per heavy atom. The second-order valence-corrected chi connectivity index (χ2v) is 5.76. The van der Waals surface area contributed by atoms with Crippen LogP contribution in [-0.2, 0) is 26.2 Å². The normalized spacial score (nSPS) is 11.5. The second kappa shape index (κ2) is 6.41. The standard InChI is InChI=1S/C10H15N5O4S/c11-4-7-8(2-1-3-14-7)20(18,19)15(5-9(12)16)6-10(13)17/h1-3H,4-6,11H2,(H2,12,16)(H2,13,17). The van der Waals surface area contributed by atoms with Crippen molar-refractivity contribution in [3.63, 3.8) is 0 Å². The molecule has 1 rings (SSSR count). The molecule has 0 saturated heterocycles. The van der Waals surface area contributed by atoms with Crippen LogP contribution in [0.1, 0.15) is 5.69 Å². The summed E-state index contributed by atoms with van der Waals surface area (Å²) in [6.45, 7) is -1.44. The number of sulfonamides is 1. The Hall–Kier alpha value is -2.04. The number of nitrogens with zero attached hydrogens (tertiary/aromatic N) is 2. The number of rotatable bonds is 7. The maximum absolute atomic E-state index is 12.4. The van der Waals surface area contributed by atoms with Crippen molar-refractivity contribution in [1.29, 1.82) is 0 Å². The Morgan fingerprint density at radius 2 is 1.75 bits per heavy atom. The summed E-state index contributed by atoms with van der Waals surface area (Å²) >= 11 is 0. The lowest BCUT2D eigenvalue weighted by molar-refractivity contribution is -0.120. The molecule has 2 amide bonds. The van der Waals surface area contributed by atoms with Crippen LogP contribution < -0.4 is 17.2 Å². The third kappa shape index (κ3) is 3.73. The van der Waals surface area contributed by atoms with Crippen molar-refractivity contribution in [2.45, 2.75) is 11.4 Å². The number of primary amides is 2. The minimum atomic E-state index is -4.14. The summed E-state index contributed by atoms with van der Waals surface area (Å²) in [5.41, 5.74) is 15.5. The maximum atomic E-state index is 12.4. The molecule has 1 aromatic heterocycles. The van der Waals surface area contributed by atoms with Crippen molar-refractivity contribution in [3.05, 3.63) is 24.0 Å². The lowest BCUT2D eigenvalue weighted by atomic mass is 10.3. The molecule has 0 bridgehead atoms. The van der Waals surface area contributed by atoms with Crippen molar-refractivity contribution >= 4 is 21.8 Å². The van der Waals surface area contributed by atoms with E-state index >= 15 is 0 Å². The van der Waals surface area contributed by atoms with Gasteiger partial charge in [0.05, 0.1) is 18.8 Å². The zero-order chi connectivity index (χ0) is 15.3. The van der Waals surface area contributed by atoms with Crippen LogP contribution in [0.5, 0.6) is 0 Å². The lowest BCUT2D eigenvalue weighted by Crippen LogP contribution is -2.43. The van der Waals surface area contributed by atoms with Crippen molar-refractivity contribution in [2.75, 3.05) is 13.1 Å². The number of hydrogen-bond acceptors (Lipinski definition) is 6. The Labute approximate surface area is 115 Å². The first kappa shape index (κ1) is 16.0. The van der Waals surface area contributed by atoms with Crippen LogP contribution >= 0.6 is 0 Å². The summed E-state index contributed by atoms with van der Waals surface area (Å²) in [7, 11) is -4.14. The average Bonchev–Trinajstić information content (AvgIpc) is 2.36. The molecule has 0 unspecified atom stereocenters. The predicted molar refractivity (Wildman–Crippen MR) is 69.3 cm³/mol. The first-order chi connectivity index (χ1) is 9.28. The van der Waals surface area contributed by atoms with E-state index in [1.54, 1.807) is 0 Å². The number of aromatic nitrogens is 1. The van der Waals surface area contributed by atoms with E-state index in [1.807, 2.05) is 0 Å². The summed E-state index contributed by atoms with van der Waals surface area (Å²) in [6, 6.07) is 2.68. The van der Waals surface area contributed by atoms with Gasteiger partial charge >= 0.3 is 0 Å². The number of carbonyl (C=O) groups excluding carboxylic acids is 2. The predicted octanol–water partition coefficient (Wildman–Crippen LogP) is -2.50. The quantitative estimate of drug-likeness (QED) is 0.504. The van der Waals surface area contributed by atoms with Gasteiger partial charge in [0.1, 0.15) is 4.90 Å². The van der Waals surface area contributed by atoms with Gasteiger partial charge in [0.15, 0.2) is 0 Å². The van der Waals surface area contributed by atoms with E-state index in [0.717, 1.165) is 0 Å². The summed E-state index contributed by atoms with van der Waals surface area (Å²) in [5, 5.41) is 0. The van der Waals surface area contributed by atoms with E-state index in [4.69, 9.17) is 17.2 Å². The molecule has 1 heterocycles.